The van der Waals surface area contributed by atoms with E-state index in [0.717, 1.165) is 5.39 Å². The molecule has 0 aliphatic carbocycles. The zero-order chi connectivity index (χ0) is 15.0. The molecule has 0 aliphatic rings. The van der Waals surface area contributed by atoms with Crippen molar-refractivity contribution in [2.75, 3.05) is 5.75 Å². The van der Waals surface area contributed by atoms with Gasteiger partial charge in [-0.2, -0.15) is 13.2 Å². The molecule has 106 valence electrons. The second-order valence-corrected chi connectivity index (χ2v) is 6.17. The lowest BCUT2D eigenvalue weighted by molar-refractivity contribution is -0.0434. The Hall–Kier alpha value is -1.89. The van der Waals surface area contributed by atoms with Gasteiger partial charge in [0.25, 0.3) is 9.84 Å². The maximum absolute atomic E-state index is 12.2. The fourth-order valence-corrected chi connectivity index (χ4v) is 2.38. The van der Waals surface area contributed by atoms with E-state index >= 15 is 0 Å². The Kier molecular flexibility index (Phi) is 3.56. The van der Waals surface area contributed by atoms with E-state index in [1.54, 1.807) is 30.3 Å². The largest absolute Gasteiger partial charge is 0.497 e. The number of ketones is 1. The number of carbonyl (C=O) groups excluding carboxylic acids is 1. The van der Waals surface area contributed by atoms with Gasteiger partial charge in [0.05, 0.1) is 0 Å². The Morgan fingerprint density at radius 2 is 1.60 bits per heavy atom. The number of Topliss-reactive ketones (excluding diaryl/α,β-unsaturated/α-hetero) is 1. The van der Waals surface area contributed by atoms with Gasteiger partial charge in [0.2, 0.25) is 0 Å². The SMILES string of the molecule is O=C(CS(=O)(=O)C(F)(F)F)c1ccc2ccccc2c1. The van der Waals surface area contributed by atoms with Crippen molar-refractivity contribution in [2.45, 2.75) is 5.51 Å². The molecule has 0 bridgehead atoms. The van der Waals surface area contributed by atoms with E-state index in [-0.39, 0.29) is 5.56 Å². The van der Waals surface area contributed by atoms with E-state index in [4.69, 9.17) is 0 Å². The molecule has 0 aliphatic heterocycles. The highest BCUT2D eigenvalue weighted by atomic mass is 32.2. The molecule has 0 radical (unpaired) electrons. The van der Waals surface area contributed by atoms with Gasteiger partial charge in [-0.15, -0.1) is 0 Å². The number of hydrogen-bond donors (Lipinski definition) is 0. The van der Waals surface area contributed by atoms with Crippen LogP contribution in [-0.2, 0) is 9.84 Å². The van der Waals surface area contributed by atoms with Crippen LogP contribution >= 0.6 is 0 Å². The highest BCUT2D eigenvalue weighted by molar-refractivity contribution is 7.93. The molecule has 0 fully saturated rings. The third kappa shape index (κ3) is 2.82. The van der Waals surface area contributed by atoms with Gasteiger partial charge in [0.15, 0.2) is 5.78 Å². The normalized spacial score (nSPS) is 12.6. The van der Waals surface area contributed by atoms with Gasteiger partial charge in [-0.3, -0.25) is 4.79 Å². The Morgan fingerprint density at radius 1 is 1.00 bits per heavy atom. The van der Waals surface area contributed by atoms with Crippen LogP contribution in [0.5, 0.6) is 0 Å². The molecular formula is C13H9F3O3S. The summed E-state index contributed by atoms with van der Waals surface area (Å²) in [6.07, 6.45) is 0. The number of carbonyl (C=O) groups is 1. The van der Waals surface area contributed by atoms with Gasteiger partial charge >= 0.3 is 5.51 Å². The lowest BCUT2D eigenvalue weighted by Gasteiger charge is -2.07. The van der Waals surface area contributed by atoms with Crippen molar-refractivity contribution in [2.24, 2.45) is 0 Å². The fourth-order valence-electron chi connectivity index (χ4n) is 1.70. The van der Waals surface area contributed by atoms with E-state index in [1.807, 2.05) is 0 Å². The molecule has 0 amide bonds. The first-order valence-electron chi connectivity index (χ1n) is 5.52. The fraction of sp³-hybridized carbons (Fsp3) is 0.154. The van der Waals surface area contributed by atoms with Gasteiger partial charge in [0.1, 0.15) is 5.75 Å². The molecular weight excluding hydrogens is 293 g/mol. The van der Waals surface area contributed by atoms with E-state index in [2.05, 4.69) is 0 Å². The van der Waals surface area contributed by atoms with E-state index in [9.17, 15) is 26.4 Å². The third-order valence-electron chi connectivity index (χ3n) is 2.75. The summed E-state index contributed by atoms with van der Waals surface area (Å²) in [6, 6.07) is 11.2. The van der Waals surface area contributed by atoms with Crippen LogP contribution in [0, 0.1) is 0 Å². The molecule has 0 saturated carbocycles. The molecule has 20 heavy (non-hydrogen) atoms. The maximum Gasteiger partial charge on any atom is 0.497 e. The monoisotopic (exact) mass is 302 g/mol. The number of sulfone groups is 1. The van der Waals surface area contributed by atoms with E-state index in [1.165, 1.54) is 12.1 Å². The highest BCUT2D eigenvalue weighted by Crippen LogP contribution is 2.25. The summed E-state index contributed by atoms with van der Waals surface area (Å²) >= 11 is 0. The number of alkyl halides is 3. The van der Waals surface area contributed by atoms with Gasteiger partial charge in [-0.1, -0.05) is 36.4 Å². The molecule has 2 aromatic rings. The Balaban J connectivity index is 2.33. The Morgan fingerprint density at radius 3 is 2.20 bits per heavy atom. The summed E-state index contributed by atoms with van der Waals surface area (Å²) in [7, 11) is -5.45. The lowest BCUT2D eigenvalue weighted by atomic mass is 10.1. The smallest absolute Gasteiger partial charge is 0.293 e. The molecule has 0 aromatic heterocycles. The van der Waals surface area contributed by atoms with Crippen LogP contribution in [0.4, 0.5) is 13.2 Å². The Labute approximate surface area is 112 Å². The average Bonchev–Trinajstić information content (AvgIpc) is 2.36. The first-order chi connectivity index (χ1) is 9.21. The number of rotatable bonds is 3. The summed E-state index contributed by atoms with van der Waals surface area (Å²) in [4.78, 5) is 11.7. The summed E-state index contributed by atoms with van der Waals surface area (Å²) < 4.78 is 58.6. The number of fused-ring (bicyclic) bond motifs is 1. The molecule has 0 heterocycles. The molecule has 2 rings (SSSR count). The first-order valence-corrected chi connectivity index (χ1v) is 7.17. The summed E-state index contributed by atoms with van der Waals surface area (Å²) in [5.41, 5.74) is -5.48. The second kappa shape index (κ2) is 4.90. The molecule has 2 aromatic carbocycles. The Bertz CT molecular complexity index is 764. The zero-order valence-corrected chi connectivity index (χ0v) is 10.8. The molecule has 0 N–H and O–H groups in total. The van der Waals surface area contributed by atoms with Gasteiger partial charge in [0, 0.05) is 5.56 Å². The second-order valence-electron chi connectivity index (χ2n) is 4.19. The van der Waals surface area contributed by atoms with Gasteiger partial charge < -0.3 is 0 Å². The standard InChI is InChI=1S/C13H9F3O3S/c14-13(15,16)20(18,19)8-12(17)11-6-5-9-3-1-2-4-10(9)7-11/h1-7H,8H2. The summed E-state index contributed by atoms with van der Waals surface area (Å²) in [5, 5.41) is 1.46. The minimum atomic E-state index is -5.45. The van der Waals surface area contributed by atoms with Gasteiger partial charge in [-0.05, 0) is 16.8 Å². The molecule has 0 atom stereocenters. The van der Waals surface area contributed by atoms with Crippen LogP contribution in [0.1, 0.15) is 10.4 Å². The number of hydrogen-bond acceptors (Lipinski definition) is 3. The molecule has 0 unspecified atom stereocenters. The van der Waals surface area contributed by atoms with E-state index in [0.29, 0.717) is 5.39 Å². The minimum absolute atomic E-state index is 0.0588. The number of benzene rings is 2. The van der Waals surface area contributed by atoms with Crippen LogP contribution < -0.4 is 0 Å². The first kappa shape index (κ1) is 14.5. The quantitative estimate of drug-likeness (QED) is 0.819. The maximum atomic E-state index is 12.2. The van der Waals surface area contributed by atoms with Crippen molar-refractivity contribution in [3.8, 4) is 0 Å². The van der Waals surface area contributed by atoms with Crippen LogP contribution in [0.15, 0.2) is 42.5 Å². The van der Waals surface area contributed by atoms with Crippen LogP contribution in [0.2, 0.25) is 0 Å². The van der Waals surface area contributed by atoms with Crippen molar-refractivity contribution >= 4 is 26.4 Å². The van der Waals surface area contributed by atoms with Crippen molar-refractivity contribution < 1.29 is 26.4 Å². The van der Waals surface area contributed by atoms with Crippen LogP contribution in [0.3, 0.4) is 0 Å². The van der Waals surface area contributed by atoms with Crippen molar-refractivity contribution in [1.82, 2.24) is 0 Å². The highest BCUT2D eigenvalue weighted by Gasteiger charge is 2.46. The zero-order valence-electron chi connectivity index (χ0n) is 10.0. The van der Waals surface area contributed by atoms with Crippen LogP contribution in [-0.4, -0.2) is 25.5 Å². The third-order valence-corrected chi connectivity index (χ3v) is 4.09. The minimum Gasteiger partial charge on any atom is -0.293 e. The summed E-state index contributed by atoms with van der Waals surface area (Å²) in [6.45, 7) is 0. The molecule has 0 spiro atoms. The van der Waals surface area contributed by atoms with E-state index < -0.39 is 26.9 Å². The molecule has 3 nitrogen and oxygen atoms in total. The number of halogens is 3. The topological polar surface area (TPSA) is 51.2 Å². The van der Waals surface area contributed by atoms with Crippen molar-refractivity contribution in [3.63, 3.8) is 0 Å². The van der Waals surface area contributed by atoms with Gasteiger partial charge in [-0.25, -0.2) is 8.42 Å². The lowest BCUT2D eigenvalue weighted by Crippen LogP contribution is -2.30. The predicted molar refractivity (Wildman–Crippen MR) is 68.1 cm³/mol. The average molecular weight is 302 g/mol. The van der Waals surface area contributed by atoms with Crippen molar-refractivity contribution in [1.29, 1.82) is 0 Å². The van der Waals surface area contributed by atoms with Crippen LogP contribution in [0.25, 0.3) is 10.8 Å². The molecule has 0 saturated heterocycles. The summed E-state index contributed by atoms with van der Waals surface area (Å²) in [5.74, 6) is -2.65. The molecule has 7 heteroatoms. The van der Waals surface area contributed by atoms with Crippen molar-refractivity contribution in [3.05, 3.63) is 48.0 Å². The predicted octanol–water partition coefficient (Wildman–Crippen LogP) is 2.96.